The zero-order valence-corrected chi connectivity index (χ0v) is 37.1. The second kappa shape index (κ2) is 15.3. The zero-order chi connectivity index (χ0) is 44.0. The van der Waals surface area contributed by atoms with Crippen molar-refractivity contribution in [2.75, 3.05) is 0 Å². The van der Waals surface area contributed by atoms with E-state index in [2.05, 4.69) is 187 Å². The van der Waals surface area contributed by atoms with Gasteiger partial charge < -0.3 is 4.57 Å². The van der Waals surface area contributed by atoms with Crippen molar-refractivity contribution in [3.63, 3.8) is 0 Å². The molecule has 5 aliphatic carbocycles. The van der Waals surface area contributed by atoms with E-state index < -0.39 is 0 Å². The lowest BCUT2D eigenvalue weighted by Gasteiger charge is -2.35. The fourth-order valence-electron chi connectivity index (χ4n) is 12.0. The van der Waals surface area contributed by atoms with Gasteiger partial charge in [-0.3, -0.25) is 0 Å². The molecule has 14 rings (SSSR count). The van der Waals surface area contributed by atoms with Crippen LogP contribution in [0.4, 0.5) is 0 Å². The highest BCUT2D eigenvalue weighted by atomic mass is 15.0. The Balaban J connectivity index is 0.866. The van der Waals surface area contributed by atoms with Gasteiger partial charge in [-0.15, -0.1) is 0 Å². The summed E-state index contributed by atoms with van der Waals surface area (Å²) in [6.07, 6.45) is 27.9. The third-order valence-corrected chi connectivity index (χ3v) is 15.1. The quantitative estimate of drug-likeness (QED) is 0.162. The highest BCUT2D eigenvalue weighted by molar-refractivity contribution is 6.14. The van der Waals surface area contributed by atoms with Crippen molar-refractivity contribution < 1.29 is 0 Å². The molecule has 0 radical (unpaired) electrons. The average Bonchev–Trinajstić information content (AvgIpc) is 3.74. The lowest BCUT2D eigenvalue weighted by atomic mass is 9.69. The first-order valence-corrected chi connectivity index (χ1v) is 24.0. The van der Waals surface area contributed by atoms with E-state index in [0.717, 1.165) is 54.9 Å². The van der Waals surface area contributed by atoms with Gasteiger partial charge >= 0.3 is 0 Å². The molecule has 67 heavy (non-hydrogen) atoms. The average molecular weight is 859 g/mol. The van der Waals surface area contributed by atoms with E-state index in [4.69, 9.17) is 15.0 Å². The number of fused-ring (bicyclic) bond motifs is 15. The summed E-state index contributed by atoms with van der Waals surface area (Å²) in [5.41, 5.74) is 18.2. The summed E-state index contributed by atoms with van der Waals surface area (Å²) in [5, 5.41) is 6.78. The highest BCUT2D eigenvalue weighted by Gasteiger charge is 2.34. The maximum Gasteiger partial charge on any atom is 0.163 e. The fourth-order valence-corrected chi connectivity index (χ4v) is 12.0. The van der Waals surface area contributed by atoms with Gasteiger partial charge in [0, 0.05) is 51.2 Å². The summed E-state index contributed by atoms with van der Waals surface area (Å²) in [6.45, 7) is 0. The monoisotopic (exact) mass is 858 g/mol. The molecule has 0 bridgehead atoms. The Kier molecular flexibility index (Phi) is 8.77. The molecule has 2 aromatic heterocycles. The van der Waals surface area contributed by atoms with Gasteiger partial charge in [-0.2, -0.15) is 0 Å². The molecule has 0 saturated heterocycles. The molecule has 0 amide bonds. The lowest BCUT2D eigenvalue weighted by molar-refractivity contribution is 0.718. The predicted molar refractivity (Wildman–Crippen MR) is 277 cm³/mol. The van der Waals surface area contributed by atoms with Crippen molar-refractivity contribution in [2.45, 2.75) is 49.9 Å². The summed E-state index contributed by atoms with van der Waals surface area (Å²) in [4.78, 5) is 15.4. The number of benzene rings is 7. The van der Waals surface area contributed by atoms with Gasteiger partial charge in [-0.1, -0.05) is 170 Å². The number of rotatable bonds is 5. The molecule has 3 unspecified atom stereocenters. The van der Waals surface area contributed by atoms with Crippen LogP contribution in [0.5, 0.6) is 0 Å². The van der Waals surface area contributed by atoms with E-state index in [9.17, 15) is 0 Å². The third-order valence-electron chi connectivity index (χ3n) is 15.1. The van der Waals surface area contributed by atoms with Crippen LogP contribution < -0.4 is 0 Å². The van der Waals surface area contributed by atoms with Crippen LogP contribution in [0.2, 0.25) is 0 Å². The maximum absolute atomic E-state index is 5.19. The molecule has 7 aromatic carbocycles. The van der Waals surface area contributed by atoms with E-state index >= 15 is 0 Å². The number of hydrogen-bond acceptors (Lipinski definition) is 3. The van der Waals surface area contributed by atoms with E-state index in [-0.39, 0.29) is 17.8 Å². The molecule has 4 nitrogen and oxygen atoms in total. The van der Waals surface area contributed by atoms with Crippen LogP contribution in [0.25, 0.3) is 83.9 Å². The summed E-state index contributed by atoms with van der Waals surface area (Å²) in [5.74, 6) is 2.64. The van der Waals surface area contributed by atoms with Crippen LogP contribution in [-0.2, 0) is 12.8 Å². The van der Waals surface area contributed by atoms with E-state index in [1.54, 1.807) is 0 Å². The first kappa shape index (κ1) is 38.3. The van der Waals surface area contributed by atoms with Crippen LogP contribution in [0.3, 0.4) is 0 Å². The van der Waals surface area contributed by atoms with Crippen LogP contribution in [0.1, 0.15) is 87.7 Å². The number of aryl methyl sites for hydroxylation is 1. The SMILES string of the molecule is C1=CCC(c2nc(C3=CC4c5ccccc5-c5ccc(-n6c7c(c8ccccc86)C=C(c6ccc8c9c(c%10ccccc%10c8c6)C=CCC9)CC7)cc5C4C=C3)nc(-c3ccccc3)n2)C=C1. The summed E-state index contributed by atoms with van der Waals surface area (Å²) in [7, 11) is 0. The van der Waals surface area contributed by atoms with Crippen LogP contribution in [0.15, 0.2) is 188 Å². The van der Waals surface area contributed by atoms with E-state index in [1.165, 1.54) is 93.9 Å². The first-order chi connectivity index (χ1) is 33.2. The van der Waals surface area contributed by atoms with E-state index in [0.29, 0.717) is 5.82 Å². The van der Waals surface area contributed by atoms with Crippen molar-refractivity contribution in [3.8, 4) is 28.2 Å². The zero-order valence-electron chi connectivity index (χ0n) is 37.1. The minimum Gasteiger partial charge on any atom is -0.313 e. The van der Waals surface area contributed by atoms with Crippen molar-refractivity contribution in [1.29, 1.82) is 0 Å². The largest absolute Gasteiger partial charge is 0.313 e. The Morgan fingerprint density at radius 2 is 1.34 bits per heavy atom. The molecule has 0 fully saturated rings. The Bertz CT molecular complexity index is 3740. The van der Waals surface area contributed by atoms with Crippen LogP contribution in [0, 0.1) is 0 Å². The number of para-hydroxylation sites is 1. The molecular formula is C63H46N4. The number of nitrogens with zero attached hydrogens (tertiary/aromatic N) is 4. The Morgan fingerprint density at radius 1 is 0.522 bits per heavy atom. The normalized spacial score (nSPS) is 18.8. The maximum atomic E-state index is 5.19. The first-order valence-electron chi connectivity index (χ1n) is 24.0. The Hall–Kier alpha value is -7.95. The van der Waals surface area contributed by atoms with Crippen molar-refractivity contribution in [3.05, 3.63) is 239 Å². The molecule has 0 aliphatic heterocycles. The predicted octanol–water partition coefficient (Wildman–Crippen LogP) is 15.3. The number of allylic oxidation sites excluding steroid dienone is 10. The third kappa shape index (κ3) is 6.16. The summed E-state index contributed by atoms with van der Waals surface area (Å²) >= 11 is 0. The molecular weight excluding hydrogens is 813 g/mol. The number of hydrogen-bond donors (Lipinski definition) is 0. The lowest BCUT2D eigenvalue weighted by Crippen LogP contribution is -2.18. The molecule has 2 heterocycles. The van der Waals surface area contributed by atoms with Gasteiger partial charge in [0.15, 0.2) is 11.6 Å². The van der Waals surface area contributed by atoms with Gasteiger partial charge in [-0.05, 0) is 129 Å². The van der Waals surface area contributed by atoms with Gasteiger partial charge in [0.2, 0.25) is 0 Å². The fraction of sp³-hybridized carbons (Fsp3) is 0.127. The van der Waals surface area contributed by atoms with Gasteiger partial charge in [0.05, 0.1) is 5.52 Å². The van der Waals surface area contributed by atoms with E-state index in [1.807, 2.05) is 18.2 Å². The molecule has 0 N–H and O–H groups in total. The Morgan fingerprint density at radius 3 is 2.25 bits per heavy atom. The van der Waals surface area contributed by atoms with Gasteiger partial charge in [0.1, 0.15) is 5.82 Å². The minimum absolute atomic E-state index is 0.107. The topological polar surface area (TPSA) is 43.6 Å². The molecule has 0 spiro atoms. The van der Waals surface area contributed by atoms with Crippen molar-refractivity contribution >= 4 is 55.7 Å². The second-order valence-corrected chi connectivity index (χ2v) is 18.8. The second-order valence-electron chi connectivity index (χ2n) is 18.8. The summed E-state index contributed by atoms with van der Waals surface area (Å²) in [6, 6.07) is 51.8. The molecule has 9 aromatic rings. The van der Waals surface area contributed by atoms with Crippen molar-refractivity contribution in [2.24, 2.45) is 0 Å². The molecule has 318 valence electrons. The Labute approximate surface area is 390 Å². The molecule has 0 saturated carbocycles. The smallest absolute Gasteiger partial charge is 0.163 e. The number of aromatic nitrogens is 4. The molecule has 3 atom stereocenters. The highest BCUT2D eigenvalue weighted by Crippen LogP contribution is 2.52. The van der Waals surface area contributed by atoms with Gasteiger partial charge in [-0.25, -0.2) is 15.0 Å². The minimum atomic E-state index is 0.107. The molecule has 4 heteroatoms. The van der Waals surface area contributed by atoms with Crippen molar-refractivity contribution in [1.82, 2.24) is 19.5 Å². The van der Waals surface area contributed by atoms with Gasteiger partial charge in [0.25, 0.3) is 0 Å². The van der Waals surface area contributed by atoms with Crippen LogP contribution >= 0.6 is 0 Å². The standard InChI is InChI=1S/C63H46N4/c1-3-15-39(16-4-1)61-64-62(40-17-5-2-6-18-40)66-63(65-61)43-28-32-53-56(37-43)50-24-12-10-22-48(50)52-33-30-44(38-57(52)53)67-59-26-14-13-25-54(59)58-36-42(29-34-60(58)67)41-27-31-51-47-21-8-7-19-45(47)46-20-9-11-23-49(46)55(51)35-41/h1-7,9-17,19-20,22-28,30-33,35-38,40,53,56H,8,18,21,29,34H2. The van der Waals surface area contributed by atoms with Crippen LogP contribution in [-0.4, -0.2) is 19.5 Å². The summed E-state index contributed by atoms with van der Waals surface area (Å²) < 4.78 is 2.56. The molecule has 5 aliphatic rings.